The van der Waals surface area contributed by atoms with Gasteiger partial charge in [0.05, 0.1) is 0 Å². The number of hydrogen-bond donors (Lipinski definition) is 1. The molecule has 0 saturated heterocycles. The second-order valence-electron chi connectivity index (χ2n) is 3.82. The van der Waals surface area contributed by atoms with Crippen molar-refractivity contribution in [3.8, 4) is 0 Å². The summed E-state index contributed by atoms with van der Waals surface area (Å²) in [5, 5.41) is 0. The van der Waals surface area contributed by atoms with Gasteiger partial charge in [0.25, 0.3) is 0 Å². The summed E-state index contributed by atoms with van der Waals surface area (Å²) < 4.78 is 0. The number of nitrogens with zero attached hydrogens (tertiary/aromatic N) is 1. The zero-order chi connectivity index (χ0) is 8.97. The molecule has 0 amide bonds. The maximum atomic E-state index is 6.01. The predicted molar refractivity (Wildman–Crippen MR) is 53.1 cm³/mol. The third-order valence-corrected chi connectivity index (χ3v) is 2.90. The van der Waals surface area contributed by atoms with Crippen LogP contribution in [0.25, 0.3) is 0 Å². The van der Waals surface area contributed by atoms with E-state index in [1.807, 2.05) is 0 Å². The van der Waals surface area contributed by atoms with Crippen molar-refractivity contribution in [3.05, 3.63) is 0 Å². The lowest BCUT2D eigenvalue weighted by atomic mass is 10.1. The molecule has 0 radical (unpaired) electrons. The number of nitrogens with two attached hydrogens (primary N) is 1. The highest BCUT2D eigenvalue weighted by Crippen LogP contribution is 2.32. The lowest BCUT2D eigenvalue weighted by molar-refractivity contribution is 0.285. The average Bonchev–Trinajstić information content (AvgIpc) is 2.88. The molecule has 0 heterocycles. The Kier molecular flexibility index (Phi) is 4.02. The van der Waals surface area contributed by atoms with Crippen LogP contribution in [0.3, 0.4) is 0 Å². The SMILES string of the molecule is CCN(CC)CCC(N)C1CC1. The monoisotopic (exact) mass is 170 g/mol. The van der Waals surface area contributed by atoms with E-state index < -0.39 is 0 Å². The van der Waals surface area contributed by atoms with E-state index in [4.69, 9.17) is 5.73 Å². The highest BCUT2D eigenvalue weighted by Gasteiger charge is 2.28. The molecule has 1 atom stereocenters. The van der Waals surface area contributed by atoms with Gasteiger partial charge in [-0.05, 0) is 44.8 Å². The van der Waals surface area contributed by atoms with Crippen molar-refractivity contribution in [1.29, 1.82) is 0 Å². The minimum atomic E-state index is 0.477. The van der Waals surface area contributed by atoms with Crippen molar-refractivity contribution in [2.45, 2.75) is 39.2 Å². The van der Waals surface area contributed by atoms with Crippen molar-refractivity contribution in [3.63, 3.8) is 0 Å². The van der Waals surface area contributed by atoms with Crippen LogP contribution in [0, 0.1) is 5.92 Å². The van der Waals surface area contributed by atoms with Gasteiger partial charge in [-0.2, -0.15) is 0 Å². The van der Waals surface area contributed by atoms with Gasteiger partial charge in [-0.25, -0.2) is 0 Å². The maximum absolute atomic E-state index is 6.01. The molecule has 2 N–H and O–H groups in total. The smallest absolute Gasteiger partial charge is 0.00793 e. The van der Waals surface area contributed by atoms with Crippen molar-refractivity contribution >= 4 is 0 Å². The summed E-state index contributed by atoms with van der Waals surface area (Å²) >= 11 is 0. The Morgan fingerprint density at radius 2 is 1.92 bits per heavy atom. The summed E-state index contributed by atoms with van der Waals surface area (Å²) in [4.78, 5) is 2.45. The quantitative estimate of drug-likeness (QED) is 0.654. The van der Waals surface area contributed by atoms with Gasteiger partial charge < -0.3 is 10.6 Å². The van der Waals surface area contributed by atoms with Crippen molar-refractivity contribution in [2.75, 3.05) is 19.6 Å². The lowest BCUT2D eigenvalue weighted by Gasteiger charge is -2.20. The fourth-order valence-corrected chi connectivity index (χ4v) is 1.63. The largest absolute Gasteiger partial charge is 0.327 e. The fourth-order valence-electron chi connectivity index (χ4n) is 1.63. The molecule has 0 aromatic carbocycles. The molecule has 1 aliphatic carbocycles. The molecule has 1 unspecified atom stereocenters. The van der Waals surface area contributed by atoms with Crippen LogP contribution in [0.15, 0.2) is 0 Å². The molecule has 2 nitrogen and oxygen atoms in total. The van der Waals surface area contributed by atoms with Gasteiger partial charge in [-0.1, -0.05) is 13.8 Å². The first-order valence-electron chi connectivity index (χ1n) is 5.25. The normalized spacial score (nSPS) is 20.0. The molecule has 2 heteroatoms. The second kappa shape index (κ2) is 4.83. The van der Waals surface area contributed by atoms with Crippen LogP contribution in [0.4, 0.5) is 0 Å². The molecule has 0 aliphatic heterocycles. The first kappa shape index (κ1) is 10.0. The zero-order valence-electron chi connectivity index (χ0n) is 8.42. The van der Waals surface area contributed by atoms with E-state index >= 15 is 0 Å². The van der Waals surface area contributed by atoms with Crippen molar-refractivity contribution in [1.82, 2.24) is 4.90 Å². The topological polar surface area (TPSA) is 29.3 Å². The van der Waals surface area contributed by atoms with E-state index in [1.165, 1.54) is 25.8 Å². The Labute approximate surface area is 76.1 Å². The second-order valence-corrected chi connectivity index (χ2v) is 3.82. The molecule has 0 aromatic rings. The summed E-state index contributed by atoms with van der Waals surface area (Å²) in [6.07, 6.45) is 3.94. The van der Waals surface area contributed by atoms with E-state index in [-0.39, 0.29) is 0 Å². The molecule has 1 fully saturated rings. The Hall–Kier alpha value is -0.0800. The molecule has 0 aromatic heterocycles. The Morgan fingerprint density at radius 1 is 1.33 bits per heavy atom. The minimum Gasteiger partial charge on any atom is -0.327 e. The average molecular weight is 170 g/mol. The fraction of sp³-hybridized carbons (Fsp3) is 1.00. The van der Waals surface area contributed by atoms with E-state index in [1.54, 1.807) is 0 Å². The van der Waals surface area contributed by atoms with Crippen LogP contribution in [-0.2, 0) is 0 Å². The van der Waals surface area contributed by atoms with Gasteiger partial charge in [0.1, 0.15) is 0 Å². The maximum Gasteiger partial charge on any atom is 0.00793 e. The molecule has 1 aliphatic rings. The van der Waals surface area contributed by atoms with Crippen molar-refractivity contribution in [2.24, 2.45) is 11.7 Å². The number of hydrogen-bond acceptors (Lipinski definition) is 2. The highest BCUT2D eigenvalue weighted by atomic mass is 15.1. The summed E-state index contributed by atoms with van der Waals surface area (Å²) in [5.41, 5.74) is 6.01. The predicted octanol–water partition coefficient (Wildman–Crippen LogP) is 1.46. The van der Waals surface area contributed by atoms with Gasteiger partial charge in [0.2, 0.25) is 0 Å². The van der Waals surface area contributed by atoms with Crippen LogP contribution >= 0.6 is 0 Å². The van der Waals surface area contributed by atoms with E-state index in [0.717, 1.165) is 19.0 Å². The molecule has 1 rings (SSSR count). The van der Waals surface area contributed by atoms with Crippen LogP contribution in [0.5, 0.6) is 0 Å². The van der Waals surface area contributed by atoms with E-state index in [2.05, 4.69) is 18.7 Å². The van der Waals surface area contributed by atoms with Crippen LogP contribution in [0.1, 0.15) is 33.1 Å². The zero-order valence-corrected chi connectivity index (χ0v) is 8.42. The van der Waals surface area contributed by atoms with Gasteiger partial charge >= 0.3 is 0 Å². The Balaban J connectivity index is 2.05. The first-order valence-corrected chi connectivity index (χ1v) is 5.25. The Morgan fingerprint density at radius 3 is 2.33 bits per heavy atom. The molecule has 0 bridgehead atoms. The summed E-state index contributed by atoms with van der Waals surface area (Å²) in [7, 11) is 0. The van der Waals surface area contributed by atoms with Gasteiger partial charge in [0.15, 0.2) is 0 Å². The molecule has 12 heavy (non-hydrogen) atoms. The molecule has 1 saturated carbocycles. The van der Waals surface area contributed by atoms with Gasteiger partial charge in [-0.3, -0.25) is 0 Å². The number of rotatable bonds is 6. The van der Waals surface area contributed by atoms with Gasteiger partial charge in [-0.15, -0.1) is 0 Å². The lowest BCUT2D eigenvalue weighted by Crippen LogP contribution is -2.31. The standard InChI is InChI=1S/C10H22N2/c1-3-12(4-2)8-7-10(11)9-5-6-9/h9-10H,3-8,11H2,1-2H3. The summed E-state index contributed by atoms with van der Waals surface area (Å²) in [6.45, 7) is 7.94. The highest BCUT2D eigenvalue weighted by molar-refractivity contribution is 4.84. The molecule has 0 spiro atoms. The summed E-state index contributed by atoms with van der Waals surface area (Å²) in [6, 6.07) is 0.477. The van der Waals surface area contributed by atoms with Crippen LogP contribution in [0.2, 0.25) is 0 Å². The first-order chi connectivity index (χ1) is 5.77. The van der Waals surface area contributed by atoms with Crippen LogP contribution in [-0.4, -0.2) is 30.6 Å². The minimum absolute atomic E-state index is 0.477. The van der Waals surface area contributed by atoms with Crippen LogP contribution < -0.4 is 5.73 Å². The van der Waals surface area contributed by atoms with Crippen molar-refractivity contribution < 1.29 is 0 Å². The molecular weight excluding hydrogens is 148 g/mol. The van der Waals surface area contributed by atoms with E-state index in [9.17, 15) is 0 Å². The third-order valence-electron chi connectivity index (χ3n) is 2.90. The Bertz CT molecular complexity index is 115. The van der Waals surface area contributed by atoms with E-state index in [0.29, 0.717) is 6.04 Å². The molecular formula is C10H22N2. The third kappa shape index (κ3) is 3.11. The molecule has 72 valence electrons. The summed E-state index contributed by atoms with van der Waals surface area (Å²) in [5.74, 6) is 0.862. The van der Waals surface area contributed by atoms with Gasteiger partial charge in [0, 0.05) is 6.04 Å².